The molecule has 2 N–H and O–H groups in total. The lowest BCUT2D eigenvalue weighted by Gasteiger charge is -2.35. The Bertz CT molecular complexity index is 151. The average molecular weight is 159 g/mol. The first-order valence-corrected chi connectivity index (χ1v) is 3.70. The van der Waals surface area contributed by atoms with Crippen molar-refractivity contribution in [3.63, 3.8) is 0 Å². The highest BCUT2D eigenvalue weighted by Crippen LogP contribution is 2.16. The van der Waals surface area contributed by atoms with E-state index in [-0.39, 0.29) is 18.1 Å². The second kappa shape index (κ2) is 3.30. The van der Waals surface area contributed by atoms with E-state index in [9.17, 15) is 4.79 Å². The van der Waals surface area contributed by atoms with Gasteiger partial charge >= 0.3 is 0 Å². The molecule has 0 spiro atoms. The molecule has 0 aromatic carbocycles. The van der Waals surface area contributed by atoms with Gasteiger partial charge in [-0.1, -0.05) is 6.92 Å². The third-order valence-electron chi connectivity index (χ3n) is 2.13. The summed E-state index contributed by atoms with van der Waals surface area (Å²) in [7, 11) is 0. The van der Waals surface area contributed by atoms with Gasteiger partial charge in [-0.3, -0.25) is 5.32 Å². The van der Waals surface area contributed by atoms with Crippen LogP contribution in [-0.4, -0.2) is 30.0 Å². The lowest BCUT2D eigenvalue weighted by molar-refractivity contribution is -0.198. The SMILES string of the molecule is C[C@H]1[C@H](C)O[C@H](O)N[C@@H]1C=O. The predicted molar refractivity (Wildman–Crippen MR) is 38.7 cm³/mol. The molecule has 1 aliphatic heterocycles. The van der Waals surface area contributed by atoms with Crippen molar-refractivity contribution >= 4 is 6.29 Å². The van der Waals surface area contributed by atoms with Gasteiger partial charge in [0.2, 0.25) is 6.41 Å². The smallest absolute Gasteiger partial charge is 0.214 e. The third kappa shape index (κ3) is 1.77. The molecule has 4 atom stereocenters. The van der Waals surface area contributed by atoms with Crippen LogP contribution in [0.2, 0.25) is 0 Å². The number of hydrogen-bond donors (Lipinski definition) is 2. The van der Waals surface area contributed by atoms with E-state index in [1.54, 1.807) is 0 Å². The zero-order valence-electron chi connectivity index (χ0n) is 6.65. The van der Waals surface area contributed by atoms with Gasteiger partial charge in [0.25, 0.3) is 0 Å². The summed E-state index contributed by atoms with van der Waals surface area (Å²) in [6.07, 6.45) is -0.287. The number of aliphatic hydroxyl groups is 1. The molecule has 1 saturated heterocycles. The quantitative estimate of drug-likeness (QED) is 0.505. The van der Waals surface area contributed by atoms with Crippen molar-refractivity contribution in [1.82, 2.24) is 5.32 Å². The van der Waals surface area contributed by atoms with Crippen LogP contribution in [0.3, 0.4) is 0 Å². The normalized spacial score (nSPS) is 45.4. The van der Waals surface area contributed by atoms with Crippen LogP contribution in [0.5, 0.6) is 0 Å². The summed E-state index contributed by atoms with van der Waals surface area (Å²) >= 11 is 0. The summed E-state index contributed by atoms with van der Waals surface area (Å²) in [4.78, 5) is 10.4. The van der Waals surface area contributed by atoms with E-state index in [0.717, 1.165) is 6.29 Å². The third-order valence-corrected chi connectivity index (χ3v) is 2.13. The summed E-state index contributed by atoms with van der Waals surface area (Å²) in [6, 6.07) is -0.297. The molecule has 64 valence electrons. The van der Waals surface area contributed by atoms with Gasteiger partial charge in [-0.05, 0) is 6.92 Å². The number of carbonyl (C=O) groups is 1. The van der Waals surface area contributed by atoms with E-state index in [0.29, 0.717) is 0 Å². The highest BCUT2D eigenvalue weighted by Gasteiger charge is 2.31. The van der Waals surface area contributed by atoms with Gasteiger partial charge in [0.15, 0.2) is 0 Å². The molecule has 1 rings (SSSR count). The molecule has 4 heteroatoms. The fourth-order valence-electron chi connectivity index (χ4n) is 1.14. The Morgan fingerprint density at radius 3 is 2.73 bits per heavy atom. The molecule has 0 unspecified atom stereocenters. The molecule has 0 bridgehead atoms. The molecule has 4 nitrogen and oxygen atoms in total. The van der Waals surface area contributed by atoms with Crippen LogP contribution in [0, 0.1) is 5.92 Å². The van der Waals surface area contributed by atoms with Crippen LogP contribution >= 0.6 is 0 Å². The van der Waals surface area contributed by atoms with Crippen LogP contribution in [0.15, 0.2) is 0 Å². The van der Waals surface area contributed by atoms with E-state index in [2.05, 4.69) is 5.32 Å². The van der Waals surface area contributed by atoms with Crippen molar-refractivity contribution in [1.29, 1.82) is 0 Å². The molecule has 0 radical (unpaired) electrons. The van der Waals surface area contributed by atoms with E-state index < -0.39 is 6.41 Å². The number of aldehydes is 1. The van der Waals surface area contributed by atoms with Gasteiger partial charge in [-0.15, -0.1) is 0 Å². The van der Waals surface area contributed by atoms with Crippen LogP contribution in [0.25, 0.3) is 0 Å². The molecule has 1 heterocycles. The van der Waals surface area contributed by atoms with Gasteiger partial charge in [-0.2, -0.15) is 0 Å². The van der Waals surface area contributed by atoms with Crippen molar-refractivity contribution in [3.05, 3.63) is 0 Å². The fraction of sp³-hybridized carbons (Fsp3) is 0.857. The Morgan fingerprint density at radius 2 is 2.18 bits per heavy atom. The van der Waals surface area contributed by atoms with E-state index >= 15 is 0 Å². The molecule has 11 heavy (non-hydrogen) atoms. The van der Waals surface area contributed by atoms with Crippen LogP contribution in [0.1, 0.15) is 13.8 Å². The predicted octanol–water partition coefficient (Wildman–Crippen LogP) is -0.526. The number of nitrogens with one attached hydrogen (secondary N) is 1. The Kier molecular flexibility index (Phi) is 2.59. The minimum Gasteiger partial charge on any atom is -0.356 e. The Morgan fingerprint density at radius 1 is 1.55 bits per heavy atom. The van der Waals surface area contributed by atoms with Gasteiger partial charge in [-0.25, -0.2) is 0 Å². The van der Waals surface area contributed by atoms with Crippen molar-refractivity contribution in [2.24, 2.45) is 5.92 Å². The van der Waals surface area contributed by atoms with Crippen molar-refractivity contribution in [3.8, 4) is 0 Å². The van der Waals surface area contributed by atoms with Crippen LogP contribution < -0.4 is 5.32 Å². The van der Waals surface area contributed by atoms with Crippen molar-refractivity contribution < 1.29 is 14.6 Å². The number of carbonyl (C=O) groups excluding carboxylic acids is 1. The monoisotopic (exact) mass is 159 g/mol. The Hall–Kier alpha value is -0.450. The maximum atomic E-state index is 10.4. The molecule has 0 saturated carbocycles. The maximum Gasteiger partial charge on any atom is 0.214 e. The molecular formula is C7H13NO3. The minimum atomic E-state index is -1.00. The second-order valence-electron chi connectivity index (χ2n) is 2.88. The lowest BCUT2D eigenvalue weighted by atomic mass is 9.96. The summed E-state index contributed by atoms with van der Waals surface area (Å²) in [6.45, 7) is 3.74. The average Bonchev–Trinajstić information content (AvgIpc) is 1.96. The van der Waals surface area contributed by atoms with Crippen LogP contribution in [-0.2, 0) is 9.53 Å². The van der Waals surface area contributed by atoms with Gasteiger partial charge in [0.05, 0.1) is 12.1 Å². The number of hydrogen-bond acceptors (Lipinski definition) is 4. The second-order valence-corrected chi connectivity index (χ2v) is 2.88. The first-order chi connectivity index (χ1) is 5.15. The van der Waals surface area contributed by atoms with E-state index in [1.807, 2.05) is 13.8 Å². The number of rotatable bonds is 1. The number of ether oxygens (including phenoxy) is 1. The standard InChI is InChI=1S/C7H13NO3/c1-4-5(2)11-7(10)8-6(4)3-9/h3-8,10H,1-2H3/t4-,5-,6+,7-/m0/s1. The fourth-order valence-corrected chi connectivity index (χ4v) is 1.14. The van der Waals surface area contributed by atoms with Crippen molar-refractivity contribution in [2.45, 2.75) is 32.4 Å². The zero-order valence-corrected chi connectivity index (χ0v) is 6.65. The molecule has 1 fully saturated rings. The summed E-state index contributed by atoms with van der Waals surface area (Å²) in [5, 5.41) is 11.6. The summed E-state index contributed by atoms with van der Waals surface area (Å²) in [5.41, 5.74) is 0. The maximum absolute atomic E-state index is 10.4. The first kappa shape index (κ1) is 8.64. The van der Waals surface area contributed by atoms with E-state index in [4.69, 9.17) is 9.84 Å². The zero-order chi connectivity index (χ0) is 8.43. The topological polar surface area (TPSA) is 58.6 Å². The van der Waals surface area contributed by atoms with Gasteiger partial charge in [0.1, 0.15) is 6.29 Å². The Labute approximate surface area is 65.5 Å². The van der Waals surface area contributed by atoms with Gasteiger partial charge < -0.3 is 14.6 Å². The molecule has 0 aromatic heterocycles. The van der Waals surface area contributed by atoms with E-state index in [1.165, 1.54) is 0 Å². The Balaban J connectivity index is 2.58. The van der Waals surface area contributed by atoms with Gasteiger partial charge in [0, 0.05) is 5.92 Å². The summed E-state index contributed by atoms with van der Waals surface area (Å²) in [5.74, 6) is 0.107. The van der Waals surface area contributed by atoms with Crippen molar-refractivity contribution in [2.75, 3.05) is 0 Å². The number of aliphatic hydroxyl groups excluding tert-OH is 1. The summed E-state index contributed by atoms with van der Waals surface area (Å²) < 4.78 is 5.02. The first-order valence-electron chi connectivity index (χ1n) is 3.70. The highest BCUT2D eigenvalue weighted by atomic mass is 16.6. The molecular weight excluding hydrogens is 146 g/mol. The molecule has 1 aliphatic rings. The minimum absolute atomic E-state index is 0.0820. The lowest BCUT2D eigenvalue weighted by Crippen LogP contribution is -2.54. The molecule has 0 aromatic rings. The van der Waals surface area contributed by atoms with Crippen LogP contribution in [0.4, 0.5) is 0 Å². The molecule has 0 amide bonds. The largest absolute Gasteiger partial charge is 0.356 e. The molecule has 0 aliphatic carbocycles. The highest BCUT2D eigenvalue weighted by molar-refractivity contribution is 5.58.